The molecule has 100 valence electrons. The van der Waals surface area contributed by atoms with E-state index in [9.17, 15) is 5.11 Å². The largest absolute Gasteiger partial charge is 0.861 e. The number of thioether (sulfide) groups is 1. The second-order valence-electron chi connectivity index (χ2n) is 4.22. The number of rotatable bonds is 5. The van der Waals surface area contributed by atoms with Crippen molar-refractivity contribution in [2.24, 2.45) is 4.99 Å². The van der Waals surface area contributed by atoms with Gasteiger partial charge in [-0.25, -0.2) is 4.99 Å². The number of hydrogen-bond donors (Lipinski definition) is 0. The number of nitrogens with zero attached hydrogens (tertiary/aromatic N) is 3. The van der Waals surface area contributed by atoms with Gasteiger partial charge in [-0.15, -0.1) is 11.8 Å². The highest BCUT2D eigenvalue weighted by Gasteiger charge is 2.13. The van der Waals surface area contributed by atoms with E-state index in [0.717, 1.165) is 4.90 Å². The van der Waals surface area contributed by atoms with Crippen molar-refractivity contribution in [3.8, 4) is 0 Å². The van der Waals surface area contributed by atoms with Crippen molar-refractivity contribution in [1.82, 2.24) is 5.27 Å². The SMILES string of the molecule is CC(C)[n+]1cc(/N=C(\[O-])CSc2ccccc2)on1. The van der Waals surface area contributed by atoms with E-state index in [4.69, 9.17) is 4.52 Å². The molecule has 5 nitrogen and oxygen atoms in total. The molecule has 1 aromatic heterocycles. The number of hydrogen-bond acceptors (Lipinski definition) is 5. The van der Waals surface area contributed by atoms with Crippen molar-refractivity contribution in [2.75, 3.05) is 5.75 Å². The summed E-state index contributed by atoms with van der Waals surface area (Å²) in [4.78, 5) is 4.91. The van der Waals surface area contributed by atoms with Crippen LogP contribution in [0.1, 0.15) is 19.9 Å². The van der Waals surface area contributed by atoms with Crippen LogP contribution >= 0.6 is 11.8 Å². The minimum absolute atomic E-state index is 0.182. The first-order valence-corrected chi connectivity index (χ1v) is 6.94. The van der Waals surface area contributed by atoms with Gasteiger partial charge >= 0.3 is 5.88 Å². The van der Waals surface area contributed by atoms with Gasteiger partial charge in [0.05, 0.1) is 0 Å². The first kappa shape index (κ1) is 13.6. The van der Waals surface area contributed by atoms with Crippen LogP contribution in [0.2, 0.25) is 0 Å². The first-order valence-electron chi connectivity index (χ1n) is 5.95. The molecule has 1 heterocycles. The molecule has 6 heteroatoms. The molecule has 2 aromatic rings. The Morgan fingerprint density at radius 2 is 2.16 bits per heavy atom. The average molecular weight is 277 g/mol. The lowest BCUT2D eigenvalue weighted by Crippen LogP contribution is -2.36. The summed E-state index contributed by atoms with van der Waals surface area (Å²) in [6, 6.07) is 9.91. The first-order chi connectivity index (χ1) is 9.15. The summed E-state index contributed by atoms with van der Waals surface area (Å²) in [5.41, 5.74) is 0. The van der Waals surface area contributed by atoms with Gasteiger partial charge < -0.3 is 5.11 Å². The van der Waals surface area contributed by atoms with Gasteiger partial charge in [-0.3, -0.25) is 4.52 Å². The van der Waals surface area contributed by atoms with E-state index in [1.54, 1.807) is 10.9 Å². The molecular formula is C13H15N3O2S. The highest BCUT2D eigenvalue weighted by molar-refractivity contribution is 8.00. The fraction of sp³-hybridized carbons (Fsp3) is 0.308. The third-order valence-corrected chi connectivity index (χ3v) is 3.34. The lowest BCUT2D eigenvalue weighted by Gasteiger charge is -2.07. The van der Waals surface area contributed by atoms with E-state index in [1.165, 1.54) is 11.8 Å². The molecule has 0 N–H and O–H groups in total. The molecule has 0 aliphatic rings. The molecule has 2 rings (SSSR count). The minimum atomic E-state index is -0.235. The molecule has 0 atom stereocenters. The fourth-order valence-corrected chi connectivity index (χ4v) is 2.06. The Hall–Kier alpha value is -1.82. The van der Waals surface area contributed by atoms with Crippen LogP contribution in [0.4, 0.5) is 5.88 Å². The van der Waals surface area contributed by atoms with Crippen molar-refractivity contribution in [3.05, 3.63) is 36.5 Å². The second-order valence-corrected chi connectivity index (χ2v) is 5.27. The van der Waals surface area contributed by atoms with Crippen molar-refractivity contribution < 1.29 is 14.3 Å². The molecular weight excluding hydrogens is 262 g/mol. The lowest BCUT2D eigenvalue weighted by atomic mass is 10.4. The predicted molar refractivity (Wildman–Crippen MR) is 71.3 cm³/mol. The molecule has 0 spiro atoms. The third kappa shape index (κ3) is 4.10. The summed E-state index contributed by atoms with van der Waals surface area (Å²) >= 11 is 1.45. The van der Waals surface area contributed by atoms with E-state index in [0.29, 0.717) is 0 Å². The molecule has 19 heavy (non-hydrogen) atoms. The Balaban J connectivity index is 1.95. The van der Waals surface area contributed by atoms with Gasteiger partial charge in [0, 0.05) is 10.6 Å². The van der Waals surface area contributed by atoms with E-state index in [1.807, 2.05) is 44.2 Å². The van der Waals surface area contributed by atoms with Crippen LogP contribution in [-0.4, -0.2) is 16.9 Å². The molecule has 0 saturated carbocycles. The summed E-state index contributed by atoms with van der Waals surface area (Å²) in [5, 5.41) is 15.5. The summed E-state index contributed by atoms with van der Waals surface area (Å²) in [7, 11) is 0. The zero-order valence-electron chi connectivity index (χ0n) is 10.8. The molecule has 0 unspecified atom stereocenters. The van der Waals surface area contributed by atoms with E-state index in [2.05, 4.69) is 10.3 Å². The van der Waals surface area contributed by atoms with Gasteiger partial charge in [0.1, 0.15) is 0 Å². The number of aromatic nitrogens is 2. The van der Waals surface area contributed by atoms with Crippen LogP contribution in [0.25, 0.3) is 0 Å². The summed E-state index contributed by atoms with van der Waals surface area (Å²) in [6.07, 6.45) is 1.62. The molecule has 0 aliphatic carbocycles. The van der Waals surface area contributed by atoms with Crippen LogP contribution < -0.4 is 9.79 Å². The summed E-state index contributed by atoms with van der Waals surface area (Å²) < 4.78 is 6.59. The zero-order chi connectivity index (χ0) is 13.7. The molecule has 0 radical (unpaired) electrons. The zero-order valence-corrected chi connectivity index (χ0v) is 11.6. The molecule has 0 fully saturated rings. The van der Waals surface area contributed by atoms with E-state index in [-0.39, 0.29) is 23.6 Å². The smallest absolute Gasteiger partial charge is 0.320 e. The quantitative estimate of drug-likeness (QED) is 0.361. The van der Waals surface area contributed by atoms with Gasteiger partial charge in [-0.2, -0.15) is 0 Å². The maximum absolute atomic E-state index is 11.7. The number of aliphatic imine (C=N–C) groups is 1. The maximum atomic E-state index is 11.7. The molecule has 0 amide bonds. The van der Waals surface area contributed by atoms with Crippen LogP contribution in [-0.2, 0) is 0 Å². The Morgan fingerprint density at radius 1 is 1.42 bits per heavy atom. The minimum Gasteiger partial charge on any atom is -0.861 e. The third-order valence-electron chi connectivity index (χ3n) is 2.34. The Labute approximate surface area is 115 Å². The maximum Gasteiger partial charge on any atom is 0.320 e. The van der Waals surface area contributed by atoms with Gasteiger partial charge in [-0.05, 0) is 36.6 Å². The van der Waals surface area contributed by atoms with Crippen LogP contribution in [0.3, 0.4) is 0 Å². The molecule has 0 saturated heterocycles. The topological polar surface area (TPSA) is 65.3 Å². The molecule has 1 aromatic carbocycles. The number of benzene rings is 1. The Kier molecular flexibility index (Phi) is 4.57. The van der Waals surface area contributed by atoms with Gasteiger partial charge in [0.25, 0.3) is 6.20 Å². The van der Waals surface area contributed by atoms with Crippen molar-refractivity contribution in [1.29, 1.82) is 0 Å². The highest BCUT2D eigenvalue weighted by atomic mass is 32.2. The lowest BCUT2D eigenvalue weighted by molar-refractivity contribution is -0.779. The van der Waals surface area contributed by atoms with Crippen LogP contribution in [0.5, 0.6) is 0 Å². The van der Waals surface area contributed by atoms with Crippen molar-refractivity contribution in [2.45, 2.75) is 24.8 Å². The summed E-state index contributed by atoms with van der Waals surface area (Å²) in [5.74, 6) is 0.292. The molecule has 0 aliphatic heterocycles. The Bertz CT molecular complexity index is 552. The van der Waals surface area contributed by atoms with Crippen LogP contribution in [0, 0.1) is 0 Å². The van der Waals surface area contributed by atoms with Crippen molar-refractivity contribution in [3.63, 3.8) is 0 Å². The van der Waals surface area contributed by atoms with Crippen LogP contribution in [0.15, 0.2) is 50.9 Å². The standard InChI is InChI=1S/C13H15N3O2S/c1-10(2)16-8-13(18-15-16)14-12(17)9-19-11-6-4-3-5-7-11/h3-8,10H,9H2,1-2H3. The highest BCUT2D eigenvalue weighted by Crippen LogP contribution is 2.17. The summed E-state index contributed by atoms with van der Waals surface area (Å²) in [6.45, 7) is 3.94. The van der Waals surface area contributed by atoms with Gasteiger partial charge in [0.2, 0.25) is 5.27 Å². The Morgan fingerprint density at radius 3 is 2.79 bits per heavy atom. The van der Waals surface area contributed by atoms with E-state index < -0.39 is 0 Å². The average Bonchev–Trinajstić information content (AvgIpc) is 2.86. The fourth-order valence-electron chi connectivity index (χ4n) is 1.36. The monoisotopic (exact) mass is 277 g/mol. The van der Waals surface area contributed by atoms with Gasteiger partial charge in [-0.1, -0.05) is 18.2 Å². The predicted octanol–water partition coefficient (Wildman–Crippen LogP) is 1.73. The van der Waals surface area contributed by atoms with E-state index >= 15 is 0 Å². The normalized spacial score (nSPS) is 12.1. The second kappa shape index (κ2) is 6.38. The van der Waals surface area contributed by atoms with Crippen molar-refractivity contribution >= 4 is 23.5 Å². The molecule has 0 bridgehead atoms. The van der Waals surface area contributed by atoms with Gasteiger partial charge in [0.15, 0.2) is 6.04 Å².